The van der Waals surface area contributed by atoms with Gasteiger partial charge in [-0.05, 0) is 6.07 Å². The highest BCUT2D eigenvalue weighted by Gasteiger charge is 2.13. The monoisotopic (exact) mass is 267 g/mol. The van der Waals surface area contributed by atoms with Gasteiger partial charge in [0.1, 0.15) is 11.5 Å². The standard InChI is InChI=1S/C13H17NO5/c1-4-11(15)13(16)19-14-8-9-5-6-10(17-2)7-12(9)18-3/h5-7,14H,4,8H2,1-3H3. The molecule has 0 radical (unpaired) electrons. The molecule has 0 heterocycles. The number of carbonyl (C=O) groups is 2. The minimum absolute atomic E-state index is 0.117. The highest BCUT2D eigenvalue weighted by Crippen LogP contribution is 2.24. The number of ether oxygens (including phenoxy) is 2. The number of Topliss-reactive ketones (excluding diaryl/α,β-unsaturated/α-hetero) is 1. The Morgan fingerprint density at radius 1 is 1.21 bits per heavy atom. The van der Waals surface area contributed by atoms with Crippen molar-refractivity contribution in [2.24, 2.45) is 0 Å². The lowest BCUT2D eigenvalue weighted by atomic mass is 10.2. The molecule has 0 amide bonds. The first kappa shape index (κ1) is 15.0. The molecule has 104 valence electrons. The maximum absolute atomic E-state index is 11.1. The SMILES string of the molecule is CCC(=O)C(=O)ONCc1ccc(OC)cc1OC. The Kier molecular flexibility index (Phi) is 5.81. The fourth-order valence-corrected chi connectivity index (χ4v) is 1.38. The smallest absolute Gasteiger partial charge is 0.393 e. The molecule has 0 aliphatic heterocycles. The first-order valence-electron chi connectivity index (χ1n) is 5.80. The molecule has 19 heavy (non-hydrogen) atoms. The molecule has 0 aliphatic rings. The molecule has 0 fully saturated rings. The lowest BCUT2D eigenvalue weighted by Crippen LogP contribution is -2.25. The molecule has 1 aromatic carbocycles. The van der Waals surface area contributed by atoms with Gasteiger partial charge in [0.2, 0.25) is 5.78 Å². The molecule has 1 rings (SSSR count). The molecule has 1 N–H and O–H groups in total. The maximum Gasteiger partial charge on any atom is 0.393 e. The van der Waals surface area contributed by atoms with E-state index >= 15 is 0 Å². The third kappa shape index (κ3) is 4.26. The number of ketones is 1. The van der Waals surface area contributed by atoms with Crippen molar-refractivity contribution in [3.8, 4) is 11.5 Å². The third-order valence-corrected chi connectivity index (χ3v) is 2.47. The molecule has 6 nitrogen and oxygen atoms in total. The van der Waals surface area contributed by atoms with E-state index in [0.29, 0.717) is 11.5 Å². The van der Waals surface area contributed by atoms with Gasteiger partial charge in [-0.2, -0.15) is 0 Å². The van der Waals surface area contributed by atoms with Crippen molar-refractivity contribution in [3.63, 3.8) is 0 Å². The molecular formula is C13H17NO5. The number of hydrogen-bond donors (Lipinski definition) is 1. The van der Waals surface area contributed by atoms with Crippen LogP contribution >= 0.6 is 0 Å². The van der Waals surface area contributed by atoms with E-state index < -0.39 is 11.8 Å². The summed E-state index contributed by atoms with van der Waals surface area (Å²) < 4.78 is 10.3. The van der Waals surface area contributed by atoms with Gasteiger partial charge in [0, 0.05) is 18.1 Å². The van der Waals surface area contributed by atoms with Crippen LogP contribution in [0.1, 0.15) is 18.9 Å². The van der Waals surface area contributed by atoms with Gasteiger partial charge >= 0.3 is 5.97 Å². The Bertz CT molecular complexity index is 458. The van der Waals surface area contributed by atoms with Crippen molar-refractivity contribution < 1.29 is 23.9 Å². The zero-order valence-corrected chi connectivity index (χ0v) is 11.2. The van der Waals surface area contributed by atoms with Crippen molar-refractivity contribution in [2.45, 2.75) is 19.9 Å². The number of nitrogens with one attached hydrogen (secondary N) is 1. The van der Waals surface area contributed by atoms with E-state index in [-0.39, 0.29) is 13.0 Å². The van der Waals surface area contributed by atoms with Gasteiger partial charge in [0.15, 0.2) is 0 Å². The first-order valence-corrected chi connectivity index (χ1v) is 5.80. The Balaban J connectivity index is 2.58. The molecule has 0 bridgehead atoms. The summed E-state index contributed by atoms with van der Waals surface area (Å²) in [5.41, 5.74) is 3.22. The zero-order valence-electron chi connectivity index (χ0n) is 11.2. The van der Waals surface area contributed by atoms with Gasteiger partial charge in [-0.25, -0.2) is 4.79 Å². The average Bonchev–Trinajstić information content (AvgIpc) is 2.46. The highest BCUT2D eigenvalue weighted by atomic mass is 16.7. The molecule has 0 spiro atoms. The number of hydroxylamine groups is 1. The second-order valence-electron chi connectivity index (χ2n) is 3.67. The molecule has 6 heteroatoms. The van der Waals surface area contributed by atoms with Crippen molar-refractivity contribution in [2.75, 3.05) is 14.2 Å². The lowest BCUT2D eigenvalue weighted by Gasteiger charge is -2.10. The van der Waals surface area contributed by atoms with Gasteiger partial charge in [-0.1, -0.05) is 13.0 Å². The van der Waals surface area contributed by atoms with Gasteiger partial charge in [0.05, 0.1) is 20.8 Å². The van der Waals surface area contributed by atoms with Crippen LogP contribution in [0.4, 0.5) is 0 Å². The summed E-state index contributed by atoms with van der Waals surface area (Å²) >= 11 is 0. The summed E-state index contributed by atoms with van der Waals surface area (Å²) in [6, 6.07) is 5.26. The number of rotatable bonds is 7. The van der Waals surface area contributed by atoms with Gasteiger partial charge in [0.25, 0.3) is 0 Å². The van der Waals surface area contributed by atoms with Crippen LogP contribution in [-0.4, -0.2) is 26.0 Å². The van der Waals surface area contributed by atoms with Crippen molar-refractivity contribution in [3.05, 3.63) is 23.8 Å². The van der Waals surface area contributed by atoms with Crippen LogP contribution in [-0.2, 0) is 21.0 Å². The predicted molar refractivity (Wildman–Crippen MR) is 67.8 cm³/mol. The normalized spacial score (nSPS) is 9.84. The Labute approximate surface area is 111 Å². The second-order valence-corrected chi connectivity index (χ2v) is 3.67. The number of methoxy groups -OCH3 is 2. The predicted octanol–water partition coefficient (Wildman–Crippen LogP) is 1.23. The van der Waals surface area contributed by atoms with E-state index in [2.05, 4.69) is 10.3 Å². The Morgan fingerprint density at radius 3 is 2.53 bits per heavy atom. The summed E-state index contributed by atoms with van der Waals surface area (Å²) in [5, 5.41) is 0. The van der Waals surface area contributed by atoms with Gasteiger partial charge < -0.3 is 14.3 Å². The topological polar surface area (TPSA) is 73.9 Å². The molecule has 0 aromatic heterocycles. The van der Waals surface area contributed by atoms with Crippen LogP contribution in [0.15, 0.2) is 18.2 Å². The summed E-state index contributed by atoms with van der Waals surface area (Å²) in [7, 11) is 3.09. The minimum atomic E-state index is -0.894. The van der Waals surface area contributed by atoms with Gasteiger partial charge in [-0.3, -0.25) is 4.79 Å². The molecule has 0 saturated carbocycles. The van der Waals surface area contributed by atoms with Crippen LogP contribution < -0.4 is 15.0 Å². The average molecular weight is 267 g/mol. The van der Waals surface area contributed by atoms with Crippen molar-refractivity contribution >= 4 is 11.8 Å². The van der Waals surface area contributed by atoms with Crippen LogP contribution in [0.25, 0.3) is 0 Å². The van der Waals surface area contributed by atoms with Crippen molar-refractivity contribution in [1.29, 1.82) is 0 Å². The third-order valence-electron chi connectivity index (χ3n) is 2.47. The number of hydrogen-bond acceptors (Lipinski definition) is 6. The second kappa shape index (κ2) is 7.38. The van der Waals surface area contributed by atoms with Crippen LogP contribution in [0.3, 0.4) is 0 Å². The van der Waals surface area contributed by atoms with E-state index in [1.54, 1.807) is 32.2 Å². The van der Waals surface area contributed by atoms with Crippen LogP contribution in [0, 0.1) is 0 Å². The largest absolute Gasteiger partial charge is 0.497 e. The van der Waals surface area contributed by atoms with E-state index in [1.807, 2.05) is 0 Å². The van der Waals surface area contributed by atoms with Gasteiger partial charge in [-0.15, -0.1) is 5.48 Å². The van der Waals surface area contributed by atoms with E-state index in [4.69, 9.17) is 9.47 Å². The fourth-order valence-electron chi connectivity index (χ4n) is 1.38. The molecule has 0 aliphatic carbocycles. The molecule has 0 saturated heterocycles. The Hall–Kier alpha value is -2.08. The zero-order chi connectivity index (χ0) is 14.3. The fraction of sp³-hybridized carbons (Fsp3) is 0.385. The molecule has 0 unspecified atom stereocenters. The summed E-state index contributed by atoms with van der Waals surface area (Å²) in [4.78, 5) is 26.8. The first-order chi connectivity index (χ1) is 9.12. The van der Waals surface area contributed by atoms with Crippen LogP contribution in [0.5, 0.6) is 11.5 Å². The molecular weight excluding hydrogens is 250 g/mol. The molecule has 0 atom stereocenters. The highest BCUT2D eigenvalue weighted by molar-refractivity contribution is 6.33. The summed E-state index contributed by atoms with van der Waals surface area (Å²) in [6.45, 7) is 1.83. The van der Waals surface area contributed by atoms with E-state index in [9.17, 15) is 9.59 Å². The minimum Gasteiger partial charge on any atom is -0.497 e. The summed E-state index contributed by atoms with van der Waals surface area (Å²) in [6.07, 6.45) is 0.117. The lowest BCUT2D eigenvalue weighted by molar-refractivity contribution is -0.159. The van der Waals surface area contributed by atoms with E-state index in [1.165, 1.54) is 7.11 Å². The van der Waals surface area contributed by atoms with Crippen molar-refractivity contribution in [1.82, 2.24) is 5.48 Å². The maximum atomic E-state index is 11.1. The molecule has 1 aromatic rings. The number of benzene rings is 1. The Morgan fingerprint density at radius 2 is 1.95 bits per heavy atom. The summed E-state index contributed by atoms with van der Waals surface area (Å²) in [5.74, 6) is -0.201. The van der Waals surface area contributed by atoms with E-state index in [0.717, 1.165) is 5.56 Å². The number of carbonyl (C=O) groups excluding carboxylic acids is 2. The van der Waals surface area contributed by atoms with Crippen LogP contribution in [0.2, 0.25) is 0 Å². The quantitative estimate of drug-likeness (QED) is 0.591.